The molecule has 2 saturated carbocycles. The Bertz CT molecular complexity index is 1080. The van der Waals surface area contributed by atoms with Crippen LogP contribution in [0.1, 0.15) is 27.7 Å². The molecule has 6 aliphatic rings. The molecule has 6 fully saturated rings. The van der Waals surface area contributed by atoms with Gasteiger partial charge in [0.05, 0.1) is 22.8 Å². The quantitative estimate of drug-likeness (QED) is 0.141. The zero-order valence-electron chi connectivity index (χ0n) is 18.2. The molecule has 0 aromatic heterocycles. The molecule has 4 heterocycles. The highest BCUT2D eigenvalue weighted by molar-refractivity contribution is 5.94. The van der Waals surface area contributed by atoms with E-state index in [-0.39, 0.29) is 0 Å². The van der Waals surface area contributed by atoms with Gasteiger partial charge in [-0.15, -0.1) is 0 Å². The van der Waals surface area contributed by atoms with Crippen LogP contribution in [-0.2, 0) is 33.3 Å². The van der Waals surface area contributed by atoms with Gasteiger partial charge in [0.15, 0.2) is 17.8 Å². The first-order chi connectivity index (χ1) is 15.3. The van der Waals surface area contributed by atoms with Gasteiger partial charge < -0.3 is 34.3 Å². The number of rotatable bonds is 1. The molecule has 0 bridgehead atoms. The largest absolute Gasteiger partial charge is 0.459 e. The highest BCUT2D eigenvalue weighted by Crippen LogP contribution is 2.84. The topological polar surface area (TPSA) is 198 Å². The van der Waals surface area contributed by atoms with E-state index < -0.39 is 93.9 Å². The van der Waals surface area contributed by atoms with Gasteiger partial charge in [-0.3, -0.25) is 4.79 Å². The Morgan fingerprint density at radius 2 is 1.73 bits per heavy atom. The van der Waals surface area contributed by atoms with Crippen LogP contribution in [0.25, 0.3) is 10.4 Å². The number of azide groups is 1. The molecule has 0 aromatic carbocycles. The molecular weight excluding hydrogens is 442 g/mol. The lowest BCUT2D eigenvalue weighted by Crippen LogP contribution is -2.67. The number of nitrogens with zero attached hydrogens (tertiary/aromatic N) is 3. The zero-order chi connectivity index (χ0) is 24.1. The molecule has 0 amide bonds. The monoisotopic (exact) mass is 465 g/mol. The average molecular weight is 465 g/mol. The van der Waals surface area contributed by atoms with E-state index >= 15 is 0 Å². The smallest absolute Gasteiger partial charge is 0.343 e. The molecule has 6 rings (SSSR count). The summed E-state index contributed by atoms with van der Waals surface area (Å²) >= 11 is 0. The summed E-state index contributed by atoms with van der Waals surface area (Å²) in [7, 11) is 0. The zero-order valence-corrected chi connectivity index (χ0v) is 18.2. The van der Waals surface area contributed by atoms with Crippen molar-refractivity contribution in [2.24, 2.45) is 33.2 Å². The fourth-order valence-electron chi connectivity index (χ4n) is 8.45. The molecule has 13 nitrogen and oxygen atoms in total. The number of carbonyl (C=O) groups is 3. The molecular formula is C20H23N3O10. The van der Waals surface area contributed by atoms with Crippen molar-refractivity contribution in [1.82, 2.24) is 0 Å². The van der Waals surface area contributed by atoms with E-state index in [2.05, 4.69) is 10.0 Å². The van der Waals surface area contributed by atoms with E-state index in [0.717, 1.165) is 0 Å². The normalized spacial score (nSPS) is 57.6. The Morgan fingerprint density at radius 3 is 2.33 bits per heavy atom. The highest BCUT2D eigenvalue weighted by atomic mass is 16.8. The van der Waals surface area contributed by atoms with Crippen molar-refractivity contribution in [1.29, 1.82) is 0 Å². The van der Waals surface area contributed by atoms with Gasteiger partial charge in [0.25, 0.3) is 0 Å². The molecule has 12 atom stereocenters. The SMILES string of the molecule is C[C@@H]1C(=O)OC2[C@H](O)C34C5OC(=O)C3(OC3OC(=O)[C@H](O)C34C(C(C)(C)C)[C@H]5N=[N+]=[N-])[C@]21O. The van der Waals surface area contributed by atoms with Crippen molar-refractivity contribution in [3.63, 3.8) is 0 Å². The van der Waals surface area contributed by atoms with Gasteiger partial charge in [0.2, 0.25) is 11.9 Å². The number of hydrogen-bond acceptors (Lipinski definition) is 11. The summed E-state index contributed by atoms with van der Waals surface area (Å²) in [6.07, 6.45) is -8.31. The van der Waals surface area contributed by atoms with Gasteiger partial charge >= 0.3 is 17.9 Å². The lowest BCUT2D eigenvalue weighted by Gasteiger charge is -2.47. The summed E-state index contributed by atoms with van der Waals surface area (Å²) < 4.78 is 22.5. The van der Waals surface area contributed by atoms with Crippen LogP contribution in [-0.4, -0.2) is 81.2 Å². The van der Waals surface area contributed by atoms with Crippen LogP contribution >= 0.6 is 0 Å². The maximum absolute atomic E-state index is 13.6. The van der Waals surface area contributed by atoms with Gasteiger partial charge in [-0.2, -0.15) is 0 Å². The van der Waals surface area contributed by atoms with Crippen LogP contribution < -0.4 is 0 Å². The Balaban J connectivity index is 1.76. The van der Waals surface area contributed by atoms with E-state index in [1.165, 1.54) is 6.92 Å². The van der Waals surface area contributed by atoms with Crippen LogP contribution in [0.5, 0.6) is 0 Å². The number of carbonyl (C=O) groups excluding carboxylic acids is 3. The first kappa shape index (κ1) is 21.1. The Kier molecular flexibility index (Phi) is 3.48. The first-order valence-electron chi connectivity index (χ1n) is 10.7. The summed E-state index contributed by atoms with van der Waals surface area (Å²) in [6, 6.07) is -1.15. The Labute approximate surface area is 186 Å². The molecule has 7 unspecified atom stereocenters. The Morgan fingerprint density at radius 1 is 1.06 bits per heavy atom. The number of aliphatic hydroxyl groups is 3. The molecule has 0 radical (unpaired) electrons. The standard InChI is InChI=1S/C20H23N3O10/c1-5-12(26)30-11-8(24)18-10-6(22-23-21)7(16(2,3)4)17(18)9(25)13(27)32-15(17)33-20(18,14(28)31-10)19(5,11)29/h5-11,15,24-25,29H,1-4H3/t5-,6-,7?,8+,9+,10?,11?,15?,17?,18?,19-,20?/m1/s1. The molecule has 178 valence electrons. The lowest BCUT2D eigenvalue weighted by molar-refractivity contribution is -0.239. The van der Waals surface area contributed by atoms with Gasteiger partial charge in [-0.1, -0.05) is 25.9 Å². The second-order valence-electron chi connectivity index (χ2n) is 11.0. The van der Waals surface area contributed by atoms with Crippen LogP contribution in [0.3, 0.4) is 0 Å². The molecule has 4 saturated heterocycles. The number of fused-ring (bicyclic) bond motifs is 1. The minimum Gasteiger partial charge on any atom is -0.459 e. The van der Waals surface area contributed by atoms with Crippen LogP contribution in [0.15, 0.2) is 5.11 Å². The number of esters is 3. The maximum atomic E-state index is 13.6. The average Bonchev–Trinajstić information content (AvgIpc) is 3.41. The van der Waals surface area contributed by atoms with Crippen LogP contribution in [0, 0.1) is 28.1 Å². The molecule has 2 aliphatic carbocycles. The molecule has 3 N–H and O–H groups in total. The van der Waals surface area contributed by atoms with Crippen molar-refractivity contribution in [3.8, 4) is 0 Å². The summed E-state index contributed by atoms with van der Waals surface area (Å²) in [4.78, 5) is 41.6. The van der Waals surface area contributed by atoms with Crippen molar-refractivity contribution in [2.45, 2.75) is 75.6 Å². The molecule has 4 aliphatic heterocycles. The molecule has 33 heavy (non-hydrogen) atoms. The molecule has 13 heteroatoms. The van der Waals surface area contributed by atoms with E-state index in [0.29, 0.717) is 0 Å². The van der Waals surface area contributed by atoms with Crippen molar-refractivity contribution < 1.29 is 48.7 Å². The third-order valence-electron chi connectivity index (χ3n) is 9.13. The minimum absolute atomic E-state index is 0.806. The molecule has 2 spiro atoms. The van der Waals surface area contributed by atoms with E-state index in [4.69, 9.17) is 18.9 Å². The second-order valence-corrected chi connectivity index (χ2v) is 11.0. The predicted octanol–water partition coefficient (Wildman–Crippen LogP) is -1.08. The van der Waals surface area contributed by atoms with Crippen LogP contribution in [0.2, 0.25) is 0 Å². The van der Waals surface area contributed by atoms with E-state index in [9.17, 15) is 35.2 Å². The third-order valence-corrected chi connectivity index (χ3v) is 9.13. The number of ether oxygens (including phenoxy) is 4. The van der Waals surface area contributed by atoms with Crippen molar-refractivity contribution in [2.75, 3.05) is 0 Å². The summed E-state index contributed by atoms with van der Waals surface area (Å²) in [5, 5.41) is 39.0. The van der Waals surface area contributed by atoms with Gasteiger partial charge in [0, 0.05) is 4.91 Å². The predicted molar refractivity (Wildman–Crippen MR) is 100 cm³/mol. The number of hydrogen-bond donors (Lipinski definition) is 3. The second kappa shape index (κ2) is 5.44. The van der Waals surface area contributed by atoms with E-state index in [1.807, 2.05) is 0 Å². The fraction of sp³-hybridized carbons (Fsp3) is 0.850. The van der Waals surface area contributed by atoms with Crippen LogP contribution in [0.4, 0.5) is 0 Å². The third kappa shape index (κ3) is 1.60. The Hall–Kier alpha value is -2.44. The van der Waals surface area contributed by atoms with Gasteiger partial charge in [-0.05, 0) is 23.8 Å². The van der Waals surface area contributed by atoms with Crippen molar-refractivity contribution >= 4 is 17.9 Å². The first-order valence-corrected chi connectivity index (χ1v) is 10.7. The van der Waals surface area contributed by atoms with Gasteiger partial charge in [0.1, 0.15) is 12.2 Å². The van der Waals surface area contributed by atoms with E-state index in [1.54, 1.807) is 20.8 Å². The summed E-state index contributed by atoms with van der Waals surface area (Å²) in [5.74, 6) is -5.23. The fourth-order valence-corrected chi connectivity index (χ4v) is 8.45. The lowest BCUT2D eigenvalue weighted by atomic mass is 9.51. The molecule has 0 aromatic rings. The van der Waals surface area contributed by atoms with Gasteiger partial charge in [-0.25, -0.2) is 9.59 Å². The number of aliphatic hydroxyl groups excluding tert-OH is 2. The summed E-state index contributed by atoms with van der Waals surface area (Å²) in [6.45, 7) is 6.66. The highest BCUT2D eigenvalue weighted by Gasteiger charge is 3.05. The maximum Gasteiger partial charge on any atom is 0.343 e. The minimum atomic E-state index is -2.42. The van der Waals surface area contributed by atoms with Crippen molar-refractivity contribution in [3.05, 3.63) is 10.4 Å². The summed E-state index contributed by atoms with van der Waals surface area (Å²) in [5.41, 5.74) is -0.138.